The van der Waals surface area contributed by atoms with Gasteiger partial charge in [-0.1, -0.05) is 48.0 Å². The Balaban J connectivity index is 1.38. The van der Waals surface area contributed by atoms with E-state index >= 15 is 0 Å². The summed E-state index contributed by atoms with van der Waals surface area (Å²) in [6.45, 7) is 0.982. The number of pyridine rings is 1. The van der Waals surface area contributed by atoms with Gasteiger partial charge in [-0.05, 0) is 42.0 Å². The summed E-state index contributed by atoms with van der Waals surface area (Å²) in [5, 5.41) is 2.73. The van der Waals surface area contributed by atoms with E-state index in [2.05, 4.69) is 10.3 Å². The molecule has 2 aromatic carbocycles. The standard InChI is InChI=1S/C24H22ClN3O3/c25-24(22(29)27-16-19-8-4-5-13-26-19)12-14-28(23(24)30)17-18-7-6-11-21(15-18)31-20-9-2-1-3-10-20/h1-11,13,15H,12,14,16-17H2,(H,27,29). The minimum atomic E-state index is -1.59. The molecule has 31 heavy (non-hydrogen) atoms. The molecule has 1 N–H and O–H groups in total. The molecule has 0 saturated carbocycles. The number of hydrogen-bond acceptors (Lipinski definition) is 4. The molecule has 1 saturated heterocycles. The van der Waals surface area contributed by atoms with Gasteiger partial charge >= 0.3 is 0 Å². The van der Waals surface area contributed by atoms with Gasteiger partial charge in [-0.3, -0.25) is 14.6 Å². The Morgan fingerprint density at radius 2 is 1.84 bits per heavy atom. The van der Waals surface area contributed by atoms with Crippen LogP contribution in [0.4, 0.5) is 0 Å². The van der Waals surface area contributed by atoms with Crippen molar-refractivity contribution in [2.45, 2.75) is 24.4 Å². The molecule has 2 amide bonds. The molecular formula is C24H22ClN3O3. The molecule has 2 heterocycles. The summed E-state index contributed by atoms with van der Waals surface area (Å²) in [7, 11) is 0. The van der Waals surface area contributed by atoms with Gasteiger partial charge in [-0.25, -0.2) is 0 Å². The van der Waals surface area contributed by atoms with Gasteiger partial charge in [-0.15, -0.1) is 0 Å². The number of para-hydroxylation sites is 1. The fourth-order valence-electron chi connectivity index (χ4n) is 3.48. The van der Waals surface area contributed by atoms with Crippen molar-refractivity contribution in [2.75, 3.05) is 6.54 Å². The minimum Gasteiger partial charge on any atom is -0.457 e. The van der Waals surface area contributed by atoms with E-state index in [-0.39, 0.29) is 18.9 Å². The molecule has 158 valence electrons. The van der Waals surface area contributed by atoms with Crippen molar-refractivity contribution in [2.24, 2.45) is 0 Å². The third-order valence-electron chi connectivity index (χ3n) is 5.12. The van der Waals surface area contributed by atoms with E-state index in [0.717, 1.165) is 11.3 Å². The number of amides is 2. The zero-order chi connectivity index (χ0) is 21.7. The Bertz CT molecular complexity index is 1060. The topological polar surface area (TPSA) is 71.5 Å². The summed E-state index contributed by atoms with van der Waals surface area (Å²) < 4.78 is 5.86. The summed E-state index contributed by atoms with van der Waals surface area (Å²) in [5.41, 5.74) is 1.60. The highest BCUT2D eigenvalue weighted by Gasteiger charge is 2.51. The van der Waals surface area contributed by atoms with Gasteiger partial charge in [0, 0.05) is 25.7 Å². The van der Waals surface area contributed by atoms with Gasteiger partial charge in [0.25, 0.3) is 11.8 Å². The number of aromatic nitrogens is 1. The van der Waals surface area contributed by atoms with Crippen LogP contribution in [0, 0.1) is 0 Å². The summed E-state index contributed by atoms with van der Waals surface area (Å²) in [5.74, 6) is 0.539. The van der Waals surface area contributed by atoms with Gasteiger partial charge < -0.3 is 15.0 Å². The molecule has 6 nitrogen and oxygen atoms in total. The molecule has 1 aliphatic rings. The highest BCUT2D eigenvalue weighted by molar-refractivity contribution is 6.46. The number of nitrogens with one attached hydrogen (secondary N) is 1. The van der Waals surface area contributed by atoms with E-state index in [1.165, 1.54) is 0 Å². The molecule has 7 heteroatoms. The van der Waals surface area contributed by atoms with Gasteiger partial charge in [0.15, 0.2) is 0 Å². The van der Waals surface area contributed by atoms with Crippen molar-refractivity contribution < 1.29 is 14.3 Å². The fraction of sp³-hybridized carbons (Fsp3) is 0.208. The first-order valence-electron chi connectivity index (χ1n) is 10.0. The summed E-state index contributed by atoms with van der Waals surface area (Å²) in [4.78, 5) is 29.8. The number of likely N-dealkylation sites (tertiary alicyclic amines) is 1. The van der Waals surface area contributed by atoms with Crippen molar-refractivity contribution in [1.82, 2.24) is 15.2 Å². The molecule has 0 aliphatic carbocycles. The molecule has 1 unspecified atom stereocenters. The van der Waals surface area contributed by atoms with Crippen LogP contribution in [0.15, 0.2) is 79.0 Å². The van der Waals surface area contributed by atoms with E-state index in [1.807, 2.05) is 60.7 Å². The third kappa shape index (κ3) is 4.86. The zero-order valence-corrected chi connectivity index (χ0v) is 17.6. The van der Waals surface area contributed by atoms with Gasteiger partial charge in [-0.2, -0.15) is 0 Å². The largest absolute Gasteiger partial charge is 0.457 e. The molecule has 4 rings (SSSR count). The van der Waals surface area contributed by atoms with Crippen molar-refractivity contribution in [3.8, 4) is 11.5 Å². The number of carbonyl (C=O) groups excluding carboxylic acids is 2. The van der Waals surface area contributed by atoms with Crippen molar-refractivity contribution in [1.29, 1.82) is 0 Å². The van der Waals surface area contributed by atoms with Crippen molar-refractivity contribution in [3.05, 3.63) is 90.3 Å². The monoisotopic (exact) mass is 435 g/mol. The molecule has 1 fully saturated rings. The lowest BCUT2D eigenvalue weighted by molar-refractivity contribution is -0.136. The molecule has 1 aliphatic heterocycles. The van der Waals surface area contributed by atoms with E-state index in [9.17, 15) is 9.59 Å². The number of halogens is 1. The maximum Gasteiger partial charge on any atom is 0.253 e. The van der Waals surface area contributed by atoms with E-state index in [4.69, 9.17) is 16.3 Å². The van der Waals surface area contributed by atoms with E-state index in [1.54, 1.807) is 23.2 Å². The number of alkyl halides is 1. The van der Waals surface area contributed by atoms with Gasteiger partial charge in [0.05, 0.1) is 12.2 Å². The molecule has 0 spiro atoms. The quantitative estimate of drug-likeness (QED) is 0.451. The Morgan fingerprint density at radius 1 is 1.06 bits per heavy atom. The summed E-state index contributed by atoms with van der Waals surface area (Å²) in [6, 6.07) is 22.5. The number of nitrogens with zero attached hydrogens (tertiary/aromatic N) is 2. The van der Waals surface area contributed by atoms with Crippen LogP contribution in [-0.4, -0.2) is 33.1 Å². The first kappa shape index (κ1) is 20.9. The molecule has 3 aromatic rings. The van der Waals surface area contributed by atoms with Gasteiger partial charge in [0.1, 0.15) is 11.5 Å². The van der Waals surface area contributed by atoms with Crippen LogP contribution >= 0.6 is 11.6 Å². The van der Waals surface area contributed by atoms with Crippen LogP contribution in [0.25, 0.3) is 0 Å². The molecule has 0 radical (unpaired) electrons. The number of carbonyl (C=O) groups is 2. The van der Waals surface area contributed by atoms with E-state index in [0.29, 0.717) is 24.5 Å². The fourth-order valence-corrected chi connectivity index (χ4v) is 3.75. The number of ether oxygens (including phenoxy) is 1. The third-order valence-corrected chi connectivity index (χ3v) is 5.64. The predicted octanol–water partition coefficient (Wildman–Crippen LogP) is 3.90. The van der Waals surface area contributed by atoms with Crippen molar-refractivity contribution in [3.63, 3.8) is 0 Å². The lowest BCUT2D eigenvalue weighted by atomic mass is 10.1. The van der Waals surface area contributed by atoms with Crippen LogP contribution in [0.2, 0.25) is 0 Å². The summed E-state index contributed by atoms with van der Waals surface area (Å²) in [6.07, 6.45) is 1.90. The summed E-state index contributed by atoms with van der Waals surface area (Å²) >= 11 is 6.49. The normalized spacial score (nSPS) is 18.1. The second-order valence-electron chi connectivity index (χ2n) is 7.34. The van der Waals surface area contributed by atoms with Crippen LogP contribution in [0.1, 0.15) is 17.7 Å². The minimum absolute atomic E-state index is 0.223. The SMILES string of the molecule is O=C(NCc1ccccn1)C1(Cl)CCN(Cc2cccc(Oc3ccccc3)c2)C1=O. The first-order chi connectivity index (χ1) is 15.0. The highest BCUT2D eigenvalue weighted by Crippen LogP contribution is 2.32. The number of benzene rings is 2. The lowest BCUT2D eigenvalue weighted by Gasteiger charge is -2.21. The average Bonchev–Trinajstić information content (AvgIpc) is 3.09. The second-order valence-corrected chi connectivity index (χ2v) is 7.99. The highest BCUT2D eigenvalue weighted by atomic mass is 35.5. The van der Waals surface area contributed by atoms with Crippen molar-refractivity contribution >= 4 is 23.4 Å². The first-order valence-corrected chi connectivity index (χ1v) is 10.4. The van der Waals surface area contributed by atoms with Gasteiger partial charge in [0.2, 0.25) is 4.87 Å². The Labute approximate surface area is 185 Å². The second kappa shape index (κ2) is 9.18. The Hall–Kier alpha value is -3.38. The predicted molar refractivity (Wildman–Crippen MR) is 118 cm³/mol. The molecule has 0 bridgehead atoms. The van der Waals surface area contributed by atoms with Crippen LogP contribution in [0.3, 0.4) is 0 Å². The smallest absolute Gasteiger partial charge is 0.253 e. The molecule has 1 aromatic heterocycles. The Morgan fingerprint density at radius 3 is 2.61 bits per heavy atom. The Kier molecular flexibility index (Phi) is 6.18. The molecule has 1 atom stereocenters. The maximum atomic E-state index is 12.9. The van der Waals surface area contributed by atoms with Crippen LogP contribution in [0.5, 0.6) is 11.5 Å². The number of rotatable bonds is 7. The lowest BCUT2D eigenvalue weighted by Crippen LogP contribution is -2.48. The van der Waals surface area contributed by atoms with Crippen LogP contribution in [-0.2, 0) is 22.7 Å². The number of hydrogen-bond donors (Lipinski definition) is 1. The van der Waals surface area contributed by atoms with Crippen LogP contribution < -0.4 is 10.1 Å². The maximum absolute atomic E-state index is 12.9. The average molecular weight is 436 g/mol. The van der Waals surface area contributed by atoms with E-state index < -0.39 is 10.8 Å². The zero-order valence-electron chi connectivity index (χ0n) is 16.8. The molecular weight excluding hydrogens is 414 g/mol.